The van der Waals surface area contributed by atoms with Gasteiger partial charge >= 0.3 is 0 Å². The standard InChI is InChI=1S/C13H14N2O3S/c1-10-6-14-13(15-7-10)19(17,18)9-12-4-2-11(8-16)3-5-12/h2-7,16H,8-9H2,1H3. The third-order valence-corrected chi connectivity index (χ3v) is 4.08. The number of rotatable bonds is 4. The lowest BCUT2D eigenvalue weighted by atomic mass is 10.2. The predicted octanol–water partition coefficient (Wildman–Crippen LogP) is 1.25. The highest BCUT2D eigenvalue weighted by Crippen LogP contribution is 2.13. The fourth-order valence-electron chi connectivity index (χ4n) is 1.57. The first-order valence-electron chi connectivity index (χ1n) is 5.71. The molecule has 0 aliphatic heterocycles. The minimum Gasteiger partial charge on any atom is -0.392 e. The van der Waals surface area contributed by atoms with Crippen molar-refractivity contribution in [1.82, 2.24) is 9.97 Å². The maximum Gasteiger partial charge on any atom is 0.247 e. The van der Waals surface area contributed by atoms with Crippen LogP contribution in [0, 0.1) is 6.92 Å². The number of aliphatic hydroxyl groups excluding tert-OH is 1. The SMILES string of the molecule is Cc1cnc(S(=O)(=O)Cc2ccc(CO)cc2)nc1. The van der Waals surface area contributed by atoms with Gasteiger partial charge in [0.25, 0.3) is 0 Å². The summed E-state index contributed by atoms with van der Waals surface area (Å²) in [5, 5.41) is 8.76. The van der Waals surface area contributed by atoms with Crippen molar-refractivity contribution in [2.45, 2.75) is 24.4 Å². The van der Waals surface area contributed by atoms with Gasteiger partial charge in [-0.25, -0.2) is 18.4 Å². The van der Waals surface area contributed by atoms with Crippen LogP contribution in [0.1, 0.15) is 16.7 Å². The molecule has 0 amide bonds. The van der Waals surface area contributed by atoms with Gasteiger partial charge in [0.15, 0.2) is 0 Å². The molecule has 0 spiro atoms. The highest BCUT2D eigenvalue weighted by Gasteiger charge is 2.18. The fraction of sp³-hybridized carbons (Fsp3) is 0.231. The van der Waals surface area contributed by atoms with Crippen LogP contribution < -0.4 is 0 Å². The number of hydrogen-bond donors (Lipinski definition) is 1. The molecule has 0 fully saturated rings. The lowest BCUT2D eigenvalue weighted by molar-refractivity contribution is 0.282. The van der Waals surface area contributed by atoms with Gasteiger partial charge in [0.1, 0.15) is 0 Å². The Hall–Kier alpha value is -1.79. The van der Waals surface area contributed by atoms with Gasteiger partial charge in [0.2, 0.25) is 15.0 Å². The maximum atomic E-state index is 12.1. The lowest BCUT2D eigenvalue weighted by Gasteiger charge is -2.04. The van der Waals surface area contributed by atoms with E-state index in [1.807, 2.05) is 0 Å². The molecule has 0 saturated heterocycles. The van der Waals surface area contributed by atoms with E-state index in [-0.39, 0.29) is 17.5 Å². The van der Waals surface area contributed by atoms with Crippen LogP contribution in [0.3, 0.4) is 0 Å². The molecule has 100 valence electrons. The third-order valence-electron chi connectivity index (χ3n) is 2.60. The zero-order valence-electron chi connectivity index (χ0n) is 10.4. The van der Waals surface area contributed by atoms with Crippen LogP contribution in [0.15, 0.2) is 41.8 Å². The molecule has 0 bridgehead atoms. The van der Waals surface area contributed by atoms with E-state index in [1.165, 1.54) is 12.4 Å². The molecule has 19 heavy (non-hydrogen) atoms. The second kappa shape index (κ2) is 5.46. The van der Waals surface area contributed by atoms with E-state index in [4.69, 9.17) is 5.11 Å². The molecule has 1 N–H and O–H groups in total. The second-order valence-corrected chi connectivity index (χ2v) is 6.16. The molecule has 5 nitrogen and oxygen atoms in total. The molecule has 0 aliphatic carbocycles. The maximum absolute atomic E-state index is 12.1. The van der Waals surface area contributed by atoms with E-state index in [1.54, 1.807) is 31.2 Å². The monoisotopic (exact) mass is 278 g/mol. The van der Waals surface area contributed by atoms with Crippen molar-refractivity contribution in [3.8, 4) is 0 Å². The predicted molar refractivity (Wildman–Crippen MR) is 70.0 cm³/mol. The van der Waals surface area contributed by atoms with E-state index in [0.29, 0.717) is 5.56 Å². The second-order valence-electron chi connectivity index (χ2n) is 4.28. The summed E-state index contributed by atoms with van der Waals surface area (Å²) in [4.78, 5) is 7.68. The van der Waals surface area contributed by atoms with Gasteiger partial charge in [-0.3, -0.25) is 0 Å². The molecule has 0 atom stereocenters. The first-order valence-corrected chi connectivity index (χ1v) is 7.36. The smallest absolute Gasteiger partial charge is 0.247 e. The van der Waals surface area contributed by atoms with E-state index in [9.17, 15) is 8.42 Å². The van der Waals surface area contributed by atoms with Crippen LogP contribution in [-0.4, -0.2) is 23.5 Å². The molecular weight excluding hydrogens is 264 g/mol. The quantitative estimate of drug-likeness (QED) is 0.851. The van der Waals surface area contributed by atoms with Gasteiger partial charge in [-0.05, 0) is 23.6 Å². The topological polar surface area (TPSA) is 80.2 Å². The number of aromatic nitrogens is 2. The molecular formula is C13H14N2O3S. The van der Waals surface area contributed by atoms with Crippen LogP contribution in [0.25, 0.3) is 0 Å². The Balaban J connectivity index is 2.23. The summed E-state index contributed by atoms with van der Waals surface area (Å²) in [7, 11) is -3.53. The Morgan fingerprint density at radius 1 is 1.05 bits per heavy atom. The highest BCUT2D eigenvalue weighted by molar-refractivity contribution is 7.90. The van der Waals surface area contributed by atoms with Gasteiger partial charge < -0.3 is 5.11 Å². The van der Waals surface area contributed by atoms with Crippen molar-refractivity contribution in [3.05, 3.63) is 53.3 Å². The van der Waals surface area contributed by atoms with Gasteiger partial charge in [0.05, 0.1) is 12.4 Å². The zero-order valence-corrected chi connectivity index (χ0v) is 11.3. The van der Waals surface area contributed by atoms with Gasteiger partial charge in [-0.15, -0.1) is 0 Å². The molecule has 0 aliphatic rings. The highest BCUT2D eigenvalue weighted by atomic mass is 32.2. The van der Waals surface area contributed by atoms with Crippen molar-refractivity contribution >= 4 is 9.84 Å². The molecule has 2 rings (SSSR count). The molecule has 0 saturated carbocycles. The van der Waals surface area contributed by atoms with Crippen molar-refractivity contribution < 1.29 is 13.5 Å². The number of hydrogen-bond acceptors (Lipinski definition) is 5. The van der Waals surface area contributed by atoms with Crippen molar-refractivity contribution in [1.29, 1.82) is 0 Å². The number of sulfone groups is 1. The van der Waals surface area contributed by atoms with Crippen LogP contribution in [-0.2, 0) is 22.2 Å². The Labute approximate surface area is 111 Å². The third kappa shape index (κ3) is 3.36. The summed E-state index contributed by atoms with van der Waals surface area (Å²) in [6, 6.07) is 6.75. The minimum atomic E-state index is -3.53. The molecule has 0 radical (unpaired) electrons. The van der Waals surface area contributed by atoms with Crippen molar-refractivity contribution in [2.24, 2.45) is 0 Å². The number of aliphatic hydroxyl groups is 1. The number of nitrogens with zero attached hydrogens (tertiary/aromatic N) is 2. The van der Waals surface area contributed by atoms with E-state index in [2.05, 4.69) is 9.97 Å². The molecule has 1 heterocycles. The molecule has 0 unspecified atom stereocenters. The minimum absolute atomic E-state index is 0.0614. The van der Waals surface area contributed by atoms with Crippen molar-refractivity contribution in [2.75, 3.05) is 0 Å². The number of aryl methyl sites for hydroxylation is 1. The largest absolute Gasteiger partial charge is 0.392 e. The van der Waals surface area contributed by atoms with Gasteiger partial charge in [-0.2, -0.15) is 0 Å². The lowest BCUT2D eigenvalue weighted by Crippen LogP contribution is -2.09. The Morgan fingerprint density at radius 3 is 2.11 bits per heavy atom. The number of benzene rings is 1. The van der Waals surface area contributed by atoms with E-state index in [0.717, 1.165) is 11.1 Å². The Kier molecular flexibility index (Phi) is 3.92. The van der Waals surface area contributed by atoms with E-state index >= 15 is 0 Å². The average Bonchev–Trinajstić information content (AvgIpc) is 2.40. The van der Waals surface area contributed by atoms with E-state index < -0.39 is 9.84 Å². The van der Waals surface area contributed by atoms with Crippen LogP contribution in [0.2, 0.25) is 0 Å². The van der Waals surface area contributed by atoms with Crippen LogP contribution in [0.5, 0.6) is 0 Å². The van der Waals surface area contributed by atoms with Crippen LogP contribution >= 0.6 is 0 Å². The van der Waals surface area contributed by atoms with Crippen molar-refractivity contribution in [3.63, 3.8) is 0 Å². The molecule has 1 aromatic carbocycles. The molecule has 6 heteroatoms. The average molecular weight is 278 g/mol. The Morgan fingerprint density at radius 2 is 1.58 bits per heavy atom. The first-order chi connectivity index (χ1) is 9.01. The summed E-state index contributed by atoms with van der Waals surface area (Å²) in [5.41, 5.74) is 2.19. The Bertz CT molecular complexity index is 649. The molecule has 2 aromatic rings. The van der Waals surface area contributed by atoms with Gasteiger partial charge in [-0.1, -0.05) is 24.3 Å². The zero-order chi connectivity index (χ0) is 13.9. The summed E-state index contributed by atoms with van der Waals surface area (Å²) in [5.74, 6) is -0.151. The first kappa shape index (κ1) is 13.6. The normalized spacial score (nSPS) is 11.5. The van der Waals surface area contributed by atoms with Gasteiger partial charge in [0, 0.05) is 12.4 Å². The molecule has 1 aromatic heterocycles. The summed E-state index contributed by atoms with van der Waals surface area (Å²) >= 11 is 0. The summed E-state index contributed by atoms with van der Waals surface area (Å²) in [6.45, 7) is 1.73. The fourth-order valence-corrected chi connectivity index (χ4v) is 2.75. The summed E-state index contributed by atoms with van der Waals surface area (Å²) in [6.07, 6.45) is 2.96. The van der Waals surface area contributed by atoms with Crippen LogP contribution in [0.4, 0.5) is 0 Å². The summed E-state index contributed by atoms with van der Waals surface area (Å²) < 4.78 is 24.2.